The van der Waals surface area contributed by atoms with E-state index in [-0.39, 0.29) is 11.5 Å². The Morgan fingerprint density at radius 1 is 0.706 bits per heavy atom. The molecule has 170 valence electrons. The standard InChI is InChI=1S/C31H31BO2/c1-22(30(2,3)4)34-32(33)28-21-13-20-27-29(28)25-18-11-12-19-26(25)31(27,23-14-7-5-8-15-23)24-16-9-6-10-17-24/h5-22,33H,1-4H3. The zero-order chi connectivity index (χ0) is 23.9. The summed E-state index contributed by atoms with van der Waals surface area (Å²) in [7, 11) is -1.01. The second-order valence-corrected chi connectivity index (χ2v) is 10.3. The summed E-state index contributed by atoms with van der Waals surface area (Å²) >= 11 is 0. The van der Waals surface area contributed by atoms with Crippen LogP contribution in [-0.2, 0) is 10.1 Å². The summed E-state index contributed by atoms with van der Waals surface area (Å²) in [5.41, 5.74) is 7.31. The van der Waals surface area contributed by atoms with E-state index in [1.807, 2.05) is 13.0 Å². The van der Waals surface area contributed by atoms with E-state index in [0.29, 0.717) is 0 Å². The molecule has 3 heteroatoms. The van der Waals surface area contributed by atoms with Crippen LogP contribution in [0.25, 0.3) is 11.1 Å². The van der Waals surface area contributed by atoms with E-state index in [1.54, 1.807) is 0 Å². The van der Waals surface area contributed by atoms with Crippen LogP contribution in [0.4, 0.5) is 0 Å². The van der Waals surface area contributed by atoms with Gasteiger partial charge in [-0.15, -0.1) is 0 Å². The molecule has 1 aliphatic carbocycles. The quantitative estimate of drug-likeness (QED) is 0.326. The monoisotopic (exact) mass is 446 g/mol. The van der Waals surface area contributed by atoms with Gasteiger partial charge in [0, 0.05) is 6.10 Å². The first-order valence-electron chi connectivity index (χ1n) is 12.0. The molecule has 0 bridgehead atoms. The Morgan fingerprint density at radius 3 is 1.82 bits per heavy atom. The van der Waals surface area contributed by atoms with Gasteiger partial charge in [0.25, 0.3) is 0 Å². The van der Waals surface area contributed by atoms with Crippen LogP contribution in [0, 0.1) is 5.41 Å². The van der Waals surface area contributed by atoms with Crippen LogP contribution in [0.5, 0.6) is 0 Å². The van der Waals surface area contributed by atoms with Gasteiger partial charge in [-0.25, -0.2) is 0 Å². The minimum atomic E-state index is -1.01. The van der Waals surface area contributed by atoms with E-state index in [4.69, 9.17) is 4.65 Å². The molecule has 1 unspecified atom stereocenters. The highest BCUT2D eigenvalue weighted by atomic mass is 16.5. The highest BCUT2D eigenvalue weighted by Gasteiger charge is 2.47. The SMILES string of the molecule is CC(OB(O)c1cccc2c1-c1ccccc1C2(c1ccccc1)c1ccccc1)C(C)(C)C. The van der Waals surface area contributed by atoms with Crippen molar-refractivity contribution in [2.24, 2.45) is 5.41 Å². The third-order valence-electron chi connectivity index (χ3n) is 7.33. The maximum atomic E-state index is 11.3. The van der Waals surface area contributed by atoms with Crippen molar-refractivity contribution in [1.82, 2.24) is 0 Å². The van der Waals surface area contributed by atoms with Gasteiger partial charge in [0.2, 0.25) is 0 Å². The molecule has 4 aromatic rings. The number of hydrogen-bond donors (Lipinski definition) is 1. The summed E-state index contributed by atoms with van der Waals surface area (Å²) in [6.07, 6.45) is -0.108. The van der Waals surface area contributed by atoms with Gasteiger partial charge in [0.15, 0.2) is 0 Å². The summed E-state index contributed by atoms with van der Waals surface area (Å²) in [5.74, 6) is 0. The lowest BCUT2D eigenvalue weighted by Gasteiger charge is -2.34. The Bertz CT molecular complexity index is 1250. The number of benzene rings is 4. The molecule has 0 saturated carbocycles. The fraction of sp³-hybridized carbons (Fsp3) is 0.226. The highest BCUT2D eigenvalue weighted by molar-refractivity contribution is 6.62. The molecule has 0 spiro atoms. The first-order chi connectivity index (χ1) is 16.3. The van der Waals surface area contributed by atoms with Crippen LogP contribution >= 0.6 is 0 Å². The van der Waals surface area contributed by atoms with E-state index < -0.39 is 12.5 Å². The molecule has 0 fully saturated rings. The predicted molar refractivity (Wildman–Crippen MR) is 141 cm³/mol. The minimum Gasteiger partial charge on any atom is -0.423 e. The summed E-state index contributed by atoms with van der Waals surface area (Å²) in [6.45, 7) is 8.42. The molecule has 34 heavy (non-hydrogen) atoms. The van der Waals surface area contributed by atoms with E-state index in [2.05, 4.69) is 118 Å². The van der Waals surface area contributed by atoms with Crippen molar-refractivity contribution in [3.05, 3.63) is 125 Å². The highest BCUT2D eigenvalue weighted by Crippen LogP contribution is 2.55. The maximum Gasteiger partial charge on any atom is 0.492 e. The summed E-state index contributed by atoms with van der Waals surface area (Å²) < 4.78 is 6.18. The van der Waals surface area contributed by atoms with Crippen molar-refractivity contribution in [3.63, 3.8) is 0 Å². The Balaban J connectivity index is 1.80. The summed E-state index contributed by atoms with van der Waals surface area (Å²) in [4.78, 5) is 0. The first-order valence-corrected chi connectivity index (χ1v) is 12.0. The molecule has 4 aromatic carbocycles. The molecule has 0 aromatic heterocycles. The number of fused-ring (bicyclic) bond motifs is 3. The molecular formula is C31H31BO2. The number of rotatable bonds is 5. The Labute approximate surface area is 203 Å². The summed E-state index contributed by atoms with van der Waals surface area (Å²) in [6, 6.07) is 36.2. The second kappa shape index (κ2) is 8.58. The van der Waals surface area contributed by atoms with Gasteiger partial charge in [-0.2, -0.15) is 0 Å². The molecule has 1 aliphatic rings. The Kier molecular flexibility index (Phi) is 5.71. The van der Waals surface area contributed by atoms with E-state index in [1.165, 1.54) is 22.3 Å². The molecule has 5 rings (SSSR count). The van der Waals surface area contributed by atoms with Crippen LogP contribution in [0.3, 0.4) is 0 Å². The fourth-order valence-electron chi connectivity index (χ4n) is 5.20. The molecule has 2 nitrogen and oxygen atoms in total. The van der Waals surface area contributed by atoms with Crippen molar-refractivity contribution >= 4 is 12.6 Å². The Hall–Kier alpha value is -3.14. The molecule has 1 N–H and O–H groups in total. The van der Waals surface area contributed by atoms with Gasteiger partial charge in [0.1, 0.15) is 0 Å². The van der Waals surface area contributed by atoms with Crippen LogP contribution in [0.15, 0.2) is 103 Å². The van der Waals surface area contributed by atoms with Gasteiger partial charge in [-0.3, -0.25) is 0 Å². The molecule has 0 heterocycles. The van der Waals surface area contributed by atoms with Crippen molar-refractivity contribution < 1.29 is 9.68 Å². The van der Waals surface area contributed by atoms with Gasteiger partial charge in [-0.05, 0) is 51.2 Å². The predicted octanol–water partition coefficient (Wildman–Crippen LogP) is 6.19. The third kappa shape index (κ3) is 3.51. The average molecular weight is 446 g/mol. The van der Waals surface area contributed by atoms with Gasteiger partial charge < -0.3 is 9.68 Å². The van der Waals surface area contributed by atoms with Gasteiger partial charge in [0.05, 0.1) is 5.41 Å². The van der Waals surface area contributed by atoms with Crippen LogP contribution < -0.4 is 5.46 Å². The number of hydrogen-bond acceptors (Lipinski definition) is 2. The lowest BCUT2D eigenvalue weighted by Crippen LogP contribution is -2.42. The molecule has 0 radical (unpaired) electrons. The van der Waals surface area contributed by atoms with E-state index >= 15 is 0 Å². The molecule has 0 amide bonds. The smallest absolute Gasteiger partial charge is 0.423 e. The zero-order valence-electron chi connectivity index (χ0n) is 20.3. The molecule has 1 atom stereocenters. The van der Waals surface area contributed by atoms with Crippen LogP contribution in [-0.4, -0.2) is 18.2 Å². The minimum absolute atomic E-state index is 0.0747. The van der Waals surface area contributed by atoms with E-state index in [9.17, 15) is 5.02 Å². The molecule has 0 saturated heterocycles. The van der Waals surface area contributed by atoms with Crippen LogP contribution in [0.2, 0.25) is 0 Å². The third-order valence-corrected chi connectivity index (χ3v) is 7.33. The van der Waals surface area contributed by atoms with Crippen molar-refractivity contribution in [2.75, 3.05) is 0 Å². The maximum absolute atomic E-state index is 11.3. The van der Waals surface area contributed by atoms with Crippen molar-refractivity contribution in [1.29, 1.82) is 0 Å². The Morgan fingerprint density at radius 2 is 1.24 bits per heavy atom. The largest absolute Gasteiger partial charge is 0.492 e. The van der Waals surface area contributed by atoms with Crippen molar-refractivity contribution in [3.8, 4) is 11.1 Å². The zero-order valence-corrected chi connectivity index (χ0v) is 20.3. The van der Waals surface area contributed by atoms with Gasteiger partial charge >= 0.3 is 7.12 Å². The lowest BCUT2D eigenvalue weighted by molar-refractivity contribution is 0.0859. The lowest BCUT2D eigenvalue weighted by atomic mass is 9.66. The summed E-state index contributed by atoms with van der Waals surface area (Å²) in [5, 5.41) is 11.3. The fourth-order valence-corrected chi connectivity index (χ4v) is 5.20. The molecular weight excluding hydrogens is 415 g/mol. The van der Waals surface area contributed by atoms with E-state index in [0.717, 1.165) is 16.6 Å². The normalized spacial score (nSPS) is 14.9. The topological polar surface area (TPSA) is 29.5 Å². The second-order valence-electron chi connectivity index (χ2n) is 10.3. The first kappa shape index (κ1) is 22.6. The average Bonchev–Trinajstić information content (AvgIpc) is 3.16. The molecule has 0 aliphatic heterocycles. The van der Waals surface area contributed by atoms with Gasteiger partial charge in [-0.1, -0.05) is 124 Å². The van der Waals surface area contributed by atoms with Crippen LogP contribution in [0.1, 0.15) is 49.9 Å². The van der Waals surface area contributed by atoms with Crippen molar-refractivity contribution in [2.45, 2.75) is 39.2 Å².